The highest BCUT2D eigenvalue weighted by Gasteiger charge is 2.28. The van der Waals surface area contributed by atoms with Gasteiger partial charge in [0.25, 0.3) is 6.43 Å². The fourth-order valence-electron chi connectivity index (χ4n) is 1.39. The molecule has 3 heteroatoms. The van der Waals surface area contributed by atoms with Crippen LogP contribution in [0, 0.1) is 11.3 Å². The standard InChI is InChI=1S/C10H18F2O/c1-5-7(10(2,3)4)6-8(13)9(11)12/h7,9H,5-6H2,1-4H3. The third-order valence-corrected chi connectivity index (χ3v) is 2.41. The fraction of sp³-hybridized carbons (Fsp3) is 0.900. The van der Waals surface area contributed by atoms with Crippen molar-refractivity contribution in [1.29, 1.82) is 0 Å². The number of hydrogen-bond donors (Lipinski definition) is 0. The van der Waals surface area contributed by atoms with Crippen LogP contribution < -0.4 is 0 Å². The summed E-state index contributed by atoms with van der Waals surface area (Å²) in [5.74, 6) is -0.879. The number of halogens is 2. The van der Waals surface area contributed by atoms with E-state index < -0.39 is 12.2 Å². The molecule has 1 atom stereocenters. The minimum atomic E-state index is -2.81. The van der Waals surface area contributed by atoms with Crippen molar-refractivity contribution in [3.63, 3.8) is 0 Å². The van der Waals surface area contributed by atoms with Crippen molar-refractivity contribution in [2.45, 2.75) is 47.0 Å². The van der Waals surface area contributed by atoms with Crippen molar-refractivity contribution in [3.05, 3.63) is 0 Å². The van der Waals surface area contributed by atoms with Crippen LogP contribution in [0.2, 0.25) is 0 Å². The molecule has 13 heavy (non-hydrogen) atoms. The molecule has 0 aromatic heterocycles. The molecule has 0 amide bonds. The van der Waals surface area contributed by atoms with Crippen LogP contribution in [0.3, 0.4) is 0 Å². The molecule has 0 saturated heterocycles. The van der Waals surface area contributed by atoms with Gasteiger partial charge in [0, 0.05) is 6.42 Å². The zero-order valence-corrected chi connectivity index (χ0v) is 8.73. The van der Waals surface area contributed by atoms with Crippen LogP contribution in [0.5, 0.6) is 0 Å². The molecule has 0 fully saturated rings. The van der Waals surface area contributed by atoms with Gasteiger partial charge in [0.1, 0.15) is 0 Å². The summed E-state index contributed by atoms with van der Waals surface area (Å²) in [6, 6.07) is 0. The number of carbonyl (C=O) groups is 1. The first-order valence-electron chi connectivity index (χ1n) is 4.60. The van der Waals surface area contributed by atoms with Gasteiger partial charge in [-0.1, -0.05) is 34.1 Å². The van der Waals surface area contributed by atoms with Crippen molar-refractivity contribution in [1.82, 2.24) is 0 Å². The number of Topliss-reactive ketones (excluding diaryl/α,β-unsaturated/α-hetero) is 1. The molecule has 0 aromatic carbocycles. The highest BCUT2D eigenvalue weighted by atomic mass is 19.3. The van der Waals surface area contributed by atoms with E-state index in [9.17, 15) is 13.6 Å². The van der Waals surface area contributed by atoms with Crippen molar-refractivity contribution in [2.75, 3.05) is 0 Å². The Kier molecular flexibility index (Phi) is 4.51. The molecule has 0 bridgehead atoms. The van der Waals surface area contributed by atoms with E-state index in [1.807, 2.05) is 27.7 Å². The summed E-state index contributed by atoms with van der Waals surface area (Å²) in [5.41, 5.74) is -0.0701. The molecule has 1 unspecified atom stereocenters. The van der Waals surface area contributed by atoms with Gasteiger partial charge < -0.3 is 0 Å². The minimum absolute atomic E-state index is 0.00231. The first-order valence-corrected chi connectivity index (χ1v) is 4.60. The Balaban J connectivity index is 4.22. The van der Waals surface area contributed by atoms with Crippen LogP contribution in [0.1, 0.15) is 40.5 Å². The Labute approximate surface area is 78.5 Å². The quantitative estimate of drug-likeness (QED) is 0.668. The maximum atomic E-state index is 12.0. The number of hydrogen-bond acceptors (Lipinski definition) is 1. The Morgan fingerprint density at radius 2 is 1.77 bits per heavy atom. The second kappa shape index (κ2) is 4.68. The zero-order chi connectivity index (χ0) is 10.6. The average Bonchev–Trinajstić information content (AvgIpc) is 1.96. The second-order valence-electron chi connectivity index (χ2n) is 4.44. The third-order valence-electron chi connectivity index (χ3n) is 2.41. The van der Waals surface area contributed by atoms with Gasteiger partial charge in [-0.3, -0.25) is 4.79 Å². The Hall–Kier alpha value is -0.470. The van der Waals surface area contributed by atoms with Gasteiger partial charge in [0.15, 0.2) is 5.78 Å². The van der Waals surface area contributed by atoms with Crippen molar-refractivity contribution >= 4 is 5.78 Å². The molecule has 0 spiro atoms. The van der Waals surface area contributed by atoms with Gasteiger partial charge in [0.05, 0.1) is 0 Å². The molecule has 0 aliphatic heterocycles. The topological polar surface area (TPSA) is 17.1 Å². The Bertz CT molecular complexity index is 170. The van der Waals surface area contributed by atoms with E-state index in [4.69, 9.17) is 0 Å². The van der Waals surface area contributed by atoms with Gasteiger partial charge >= 0.3 is 0 Å². The highest BCUT2D eigenvalue weighted by molar-refractivity contribution is 5.81. The van der Waals surface area contributed by atoms with Gasteiger partial charge in [-0.2, -0.15) is 0 Å². The summed E-state index contributed by atoms with van der Waals surface area (Å²) in [5, 5.41) is 0. The number of ketones is 1. The maximum Gasteiger partial charge on any atom is 0.295 e. The molecule has 0 aliphatic rings. The van der Waals surface area contributed by atoms with Crippen LogP contribution in [-0.4, -0.2) is 12.2 Å². The lowest BCUT2D eigenvalue weighted by atomic mass is 9.76. The van der Waals surface area contributed by atoms with Crippen LogP contribution >= 0.6 is 0 Å². The predicted molar refractivity (Wildman–Crippen MR) is 48.9 cm³/mol. The molecule has 0 aliphatic carbocycles. The molecule has 0 aromatic rings. The Morgan fingerprint density at radius 3 is 2.00 bits per heavy atom. The summed E-state index contributed by atoms with van der Waals surface area (Å²) < 4.78 is 23.9. The monoisotopic (exact) mass is 192 g/mol. The summed E-state index contributed by atoms with van der Waals surface area (Å²) in [6.45, 7) is 7.84. The second-order valence-corrected chi connectivity index (χ2v) is 4.44. The largest absolute Gasteiger partial charge is 0.295 e. The summed E-state index contributed by atoms with van der Waals surface area (Å²) >= 11 is 0. The molecule has 0 radical (unpaired) electrons. The average molecular weight is 192 g/mol. The van der Waals surface area contributed by atoms with Gasteiger partial charge in [-0.15, -0.1) is 0 Å². The SMILES string of the molecule is CCC(CC(=O)C(F)F)C(C)(C)C. The van der Waals surface area contributed by atoms with Crippen molar-refractivity contribution in [3.8, 4) is 0 Å². The summed E-state index contributed by atoms with van der Waals surface area (Å²) in [7, 11) is 0. The maximum absolute atomic E-state index is 12.0. The lowest BCUT2D eigenvalue weighted by Crippen LogP contribution is -2.25. The van der Waals surface area contributed by atoms with E-state index in [1.165, 1.54) is 0 Å². The molecule has 0 heterocycles. The van der Waals surface area contributed by atoms with Crippen LogP contribution in [0.25, 0.3) is 0 Å². The highest BCUT2D eigenvalue weighted by Crippen LogP contribution is 2.31. The van der Waals surface area contributed by atoms with Gasteiger partial charge in [0.2, 0.25) is 0 Å². The number of alkyl halides is 2. The van der Waals surface area contributed by atoms with Gasteiger partial charge in [-0.25, -0.2) is 8.78 Å². The summed E-state index contributed by atoms with van der Waals surface area (Å²) in [4.78, 5) is 10.8. The first-order chi connectivity index (χ1) is 5.79. The van der Waals surface area contributed by atoms with Crippen LogP contribution in [0.4, 0.5) is 8.78 Å². The number of carbonyl (C=O) groups excluding carboxylic acids is 1. The van der Waals surface area contributed by atoms with E-state index in [0.29, 0.717) is 0 Å². The zero-order valence-electron chi connectivity index (χ0n) is 8.73. The van der Waals surface area contributed by atoms with E-state index in [-0.39, 0.29) is 17.8 Å². The smallest absolute Gasteiger partial charge is 0.293 e. The molecule has 0 N–H and O–H groups in total. The molecular formula is C10H18F2O. The van der Waals surface area contributed by atoms with Crippen LogP contribution in [-0.2, 0) is 4.79 Å². The number of rotatable bonds is 4. The molecular weight excluding hydrogens is 174 g/mol. The first kappa shape index (κ1) is 12.5. The fourth-order valence-corrected chi connectivity index (χ4v) is 1.39. The van der Waals surface area contributed by atoms with Gasteiger partial charge in [-0.05, 0) is 11.3 Å². The lowest BCUT2D eigenvalue weighted by molar-refractivity contribution is -0.131. The minimum Gasteiger partial charge on any atom is -0.293 e. The van der Waals surface area contributed by atoms with E-state index in [0.717, 1.165) is 6.42 Å². The normalized spacial score (nSPS) is 14.7. The van der Waals surface area contributed by atoms with E-state index in [1.54, 1.807) is 0 Å². The molecule has 78 valence electrons. The van der Waals surface area contributed by atoms with E-state index in [2.05, 4.69) is 0 Å². The van der Waals surface area contributed by atoms with Crippen molar-refractivity contribution < 1.29 is 13.6 Å². The predicted octanol–water partition coefficient (Wildman–Crippen LogP) is 3.28. The summed E-state index contributed by atoms with van der Waals surface area (Å²) in [6.07, 6.45) is -2.05. The Morgan fingerprint density at radius 1 is 1.31 bits per heavy atom. The molecule has 0 rings (SSSR count). The lowest BCUT2D eigenvalue weighted by Gasteiger charge is -2.29. The van der Waals surface area contributed by atoms with Crippen LogP contribution in [0.15, 0.2) is 0 Å². The molecule has 1 nitrogen and oxygen atoms in total. The molecule has 0 saturated carbocycles. The van der Waals surface area contributed by atoms with Crippen molar-refractivity contribution in [2.24, 2.45) is 11.3 Å². The van der Waals surface area contributed by atoms with E-state index >= 15 is 0 Å². The third kappa shape index (κ3) is 4.34.